The van der Waals surface area contributed by atoms with Gasteiger partial charge in [0.15, 0.2) is 0 Å². The second-order valence-corrected chi connectivity index (χ2v) is 11.1. The van der Waals surface area contributed by atoms with Crippen LogP contribution in [0.4, 0.5) is 5.69 Å². The van der Waals surface area contributed by atoms with E-state index < -0.39 is 28.5 Å². The van der Waals surface area contributed by atoms with Gasteiger partial charge in [0, 0.05) is 22.6 Å². The molecule has 0 saturated heterocycles. The van der Waals surface area contributed by atoms with Crippen molar-refractivity contribution in [2.24, 2.45) is 0 Å². The van der Waals surface area contributed by atoms with Gasteiger partial charge in [-0.1, -0.05) is 48.3 Å². The van der Waals surface area contributed by atoms with Crippen molar-refractivity contribution in [1.29, 1.82) is 0 Å². The Morgan fingerprint density at radius 3 is 2.32 bits per heavy atom. The van der Waals surface area contributed by atoms with Gasteiger partial charge in [-0.3, -0.25) is 13.9 Å². The molecule has 0 unspecified atom stereocenters. The molecule has 2 aromatic rings. The molecule has 186 valence electrons. The fourth-order valence-electron chi connectivity index (χ4n) is 3.28. The first-order valence-corrected chi connectivity index (χ1v) is 13.5. The van der Waals surface area contributed by atoms with Crippen molar-refractivity contribution in [3.63, 3.8) is 0 Å². The molecular formula is C24H31Cl2N3O4S. The van der Waals surface area contributed by atoms with E-state index in [0.29, 0.717) is 21.3 Å². The lowest BCUT2D eigenvalue weighted by Gasteiger charge is -2.32. The molecule has 0 heterocycles. The van der Waals surface area contributed by atoms with Crippen LogP contribution in [0.2, 0.25) is 10.0 Å². The van der Waals surface area contributed by atoms with Crippen LogP contribution in [0.5, 0.6) is 0 Å². The summed E-state index contributed by atoms with van der Waals surface area (Å²) in [6.45, 7) is 6.80. The fourth-order valence-corrected chi connectivity index (χ4v) is 4.59. The van der Waals surface area contributed by atoms with E-state index >= 15 is 0 Å². The second kappa shape index (κ2) is 11.9. The summed E-state index contributed by atoms with van der Waals surface area (Å²) in [5.74, 6) is -0.876. The molecule has 0 radical (unpaired) electrons. The van der Waals surface area contributed by atoms with E-state index in [1.54, 1.807) is 43.3 Å². The summed E-state index contributed by atoms with van der Waals surface area (Å²) in [7, 11) is -3.78. The maximum Gasteiger partial charge on any atom is 0.244 e. The lowest BCUT2D eigenvalue weighted by Crippen LogP contribution is -2.52. The predicted molar refractivity (Wildman–Crippen MR) is 138 cm³/mol. The van der Waals surface area contributed by atoms with E-state index in [1.807, 2.05) is 26.8 Å². The molecule has 7 nitrogen and oxygen atoms in total. The summed E-state index contributed by atoms with van der Waals surface area (Å²) in [4.78, 5) is 27.7. The summed E-state index contributed by atoms with van der Waals surface area (Å²) in [5.41, 5.74) is 1.81. The van der Waals surface area contributed by atoms with E-state index in [2.05, 4.69) is 5.32 Å². The highest BCUT2D eigenvalue weighted by Crippen LogP contribution is 2.24. The molecular weight excluding hydrogens is 497 g/mol. The highest BCUT2D eigenvalue weighted by molar-refractivity contribution is 7.92. The average molecular weight is 529 g/mol. The first-order chi connectivity index (χ1) is 15.8. The third-order valence-electron chi connectivity index (χ3n) is 5.49. The molecule has 1 N–H and O–H groups in total. The highest BCUT2D eigenvalue weighted by atomic mass is 35.5. The lowest BCUT2D eigenvalue weighted by molar-refractivity contribution is -0.139. The van der Waals surface area contributed by atoms with Crippen LogP contribution in [0.3, 0.4) is 0 Å². The number of anilines is 1. The number of carbonyl (C=O) groups excluding carboxylic acids is 2. The summed E-state index contributed by atoms with van der Waals surface area (Å²) < 4.78 is 26.2. The molecule has 2 atom stereocenters. The fraction of sp³-hybridized carbons (Fsp3) is 0.417. The highest BCUT2D eigenvalue weighted by Gasteiger charge is 2.30. The van der Waals surface area contributed by atoms with E-state index in [0.717, 1.165) is 22.5 Å². The van der Waals surface area contributed by atoms with Crippen LogP contribution in [0.15, 0.2) is 42.5 Å². The number of nitrogens with one attached hydrogen (secondary N) is 1. The molecule has 0 spiro atoms. The Morgan fingerprint density at radius 2 is 1.76 bits per heavy atom. The van der Waals surface area contributed by atoms with Crippen LogP contribution in [-0.4, -0.2) is 50.0 Å². The zero-order valence-electron chi connectivity index (χ0n) is 20.0. The summed E-state index contributed by atoms with van der Waals surface area (Å²) in [5, 5.41) is 3.67. The summed E-state index contributed by atoms with van der Waals surface area (Å²) in [6.07, 6.45) is 1.77. The van der Waals surface area contributed by atoms with Gasteiger partial charge in [-0.2, -0.15) is 0 Å². The molecule has 2 aromatic carbocycles. The van der Waals surface area contributed by atoms with Crippen molar-refractivity contribution in [2.45, 2.75) is 52.7 Å². The average Bonchev–Trinajstić information content (AvgIpc) is 2.75. The minimum absolute atomic E-state index is 0.00927. The standard InChI is InChI=1S/C24H31Cl2N3O4S/c1-6-17(3)27-24(31)18(4)28(14-19-10-11-20(25)13-22(19)26)23(30)15-29(34(5,32)33)21-9-7-8-16(2)12-21/h7-13,17-18H,6,14-15H2,1-5H3,(H,27,31)/t17-,18-/m1/s1. The Hall–Kier alpha value is -2.29. The number of nitrogens with zero attached hydrogens (tertiary/aromatic N) is 2. The summed E-state index contributed by atoms with van der Waals surface area (Å²) in [6, 6.07) is 10.8. The van der Waals surface area contributed by atoms with Crippen molar-refractivity contribution >= 4 is 50.7 Å². The van der Waals surface area contributed by atoms with Crippen LogP contribution in [0.1, 0.15) is 38.3 Å². The molecule has 2 amide bonds. The van der Waals surface area contributed by atoms with Crippen LogP contribution < -0.4 is 9.62 Å². The third-order valence-corrected chi connectivity index (χ3v) is 7.22. The third kappa shape index (κ3) is 7.61. The van der Waals surface area contributed by atoms with Crippen molar-refractivity contribution in [3.05, 3.63) is 63.6 Å². The number of carbonyl (C=O) groups is 2. The number of benzene rings is 2. The van der Waals surface area contributed by atoms with Crippen LogP contribution in [0, 0.1) is 6.92 Å². The van der Waals surface area contributed by atoms with Crippen molar-refractivity contribution < 1.29 is 18.0 Å². The number of halogens is 2. The lowest BCUT2D eigenvalue weighted by atomic mass is 10.1. The number of aryl methyl sites for hydroxylation is 1. The van der Waals surface area contributed by atoms with Crippen molar-refractivity contribution in [2.75, 3.05) is 17.1 Å². The number of hydrogen-bond donors (Lipinski definition) is 1. The largest absolute Gasteiger partial charge is 0.352 e. The molecule has 0 aliphatic carbocycles. The van der Waals surface area contributed by atoms with Gasteiger partial charge in [0.05, 0.1) is 11.9 Å². The number of sulfonamides is 1. The van der Waals surface area contributed by atoms with Gasteiger partial charge < -0.3 is 10.2 Å². The van der Waals surface area contributed by atoms with Gasteiger partial charge in [-0.25, -0.2) is 8.42 Å². The molecule has 0 aliphatic heterocycles. The predicted octanol–water partition coefficient (Wildman–Crippen LogP) is 4.40. The van der Waals surface area contributed by atoms with Gasteiger partial charge in [0.25, 0.3) is 0 Å². The van der Waals surface area contributed by atoms with Crippen molar-refractivity contribution in [1.82, 2.24) is 10.2 Å². The molecule has 34 heavy (non-hydrogen) atoms. The minimum atomic E-state index is -3.78. The van der Waals surface area contributed by atoms with E-state index in [-0.39, 0.29) is 18.5 Å². The number of hydrogen-bond acceptors (Lipinski definition) is 4. The minimum Gasteiger partial charge on any atom is -0.352 e. The molecule has 0 aliphatic rings. The molecule has 0 fully saturated rings. The Labute approximate surface area is 212 Å². The Balaban J connectivity index is 2.42. The SMILES string of the molecule is CC[C@@H](C)NC(=O)[C@@H](C)N(Cc1ccc(Cl)cc1Cl)C(=O)CN(c1cccc(C)c1)S(C)(=O)=O. The number of rotatable bonds is 10. The van der Waals surface area contributed by atoms with Gasteiger partial charge in [0.1, 0.15) is 12.6 Å². The van der Waals surface area contributed by atoms with E-state index in [9.17, 15) is 18.0 Å². The quantitative estimate of drug-likeness (QED) is 0.495. The van der Waals surface area contributed by atoms with Crippen LogP contribution >= 0.6 is 23.2 Å². The second-order valence-electron chi connectivity index (χ2n) is 8.36. The van der Waals surface area contributed by atoms with E-state index in [4.69, 9.17) is 23.2 Å². The molecule has 0 bridgehead atoms. The maximum absolute atomic E-state index is 13.5. The first kappa shape index (κ1) is 28.0. The van der Waals surface area contributed by atoms with Crippen molar-refractivity contribution in [3.8, 4) is 0 Å². The smallest absolute Gasteiger partial charge is 0.244 e. The summed E-state index contributed by atoms with van der Waals surface area (Å²) >= 11 is 12.3. The zero-order valence-corrected chi connectivity index (χ0v) is 22.3. The Kier molecular flexibility index (Phi) is 9.79. The monoisotopic (exact) mass is 527 g/mol. The van der Waals surface area contributed by atoms with E-state index in [1.165, 1.54) is 4.90 Å². The zero-order chi connectivity index (χ0) is 25.6. The van der Waals surface area contributed by atoms with Crippen LogP contribution in [0.25, 0.3) is 0 Å². The molecule has 10 heteroatoms. The van der Waals surface area contributed by atoms with Gasteiger partial charge in [-0.15, -0.1) is 0 Å². The molecule has 2 rings (SSSR count). The topological polar surface area (TPSA) is 86.8 Å². The Bertz CT molecular complexity index is 1140. The molecule has 0 saturated carbocycles. The van der Waals surface area contributed by atoms with Gasteiger partial charge >= 0.3 is 0 Å². The van der Waals surface area contributed by atoms with Gasteiger partial charge in [-0.05, 0) is 62.6 Å². The van der Waals surface area contributed by atoms with Crippen LogP contribution in [-0.2, 0) is 26.2 Å². The maximum atomic E-state index is 13.5. The van der Waals surface area contributed by atoms with Gasteiger partial charge in [0.2, 0.25) is 21.8 Å². The first-order valence-electron chi connectivity index (χ1n) is 10.9. The normalized spacial score (nSPS) is 13.1. The molecule has 0 aromatic heterocycles. The number of amides is 2. The Morgan fingerprint density at radius 1 is 1.09 bits per heavy atom.